The molecule has 1 aromatic rings. The minimum absolute atomic E-state index is 0.148. The van der Waals surface area contributed by atoms with Crippen molar-refractivity contribution in [3.05, 3.63) is 23.2 Å². The number of carbonyl (C=O) groups excluding carboxylic acids is 1. The van der Waals surface area contributed by atoms with E-state index in [0.29, 0.717) is 17.3 Å². The molecule has 0 aliphatic carbocycles. The van der Waals surface area contributed by atoms with Gasteiger partial charge in [0.25, 0.3) is 0 Å². The molecule has 4 nitrogen and oxygen atoms in total. The normalized spacial score (nSPS) is 14.9. The summed E-state index contributed by atoms with van der Waals surface area (Å²) in [5.41, 5.74) is 7.24. The number of nitrogens with two attached hydrogens (primary N) is 1. The monoisotopic (exact) mass is 267 g/mol. The molecule has 0 saturated carbocycles. The third-order valence-corrected chi connectivity index (χ3v) is 3.60. The molecule has 1 fully saturated rings. The Morgan fingerprint density at radius 3 is 2.78 bits per heavy atom. The van der Waals surface area contributed by atoms with E-state index in [1.165, 1.54) is 0 Å². The van der Waals surface area contributed by atoms with Crippen molar-refractivity contribution in [1.29, 1.82) is 0 Å². The minimum atomic E-state index is 0.148. The number of carbonyl (C=O) groups is 1. The summed E-state index contributed by atoms with van der Waals surface area (Å²) in [4.78, 5) is 15.8. The summed E-state index contributed by atoms with van der Waals surface area (Å²) in [6.07, 6.45) is 2.21. The van der Waals surface area contributed by atoms with Crippen LogP contribution < -0.4 is 10.6 Å². The van der Waals surface area contributed by atoms with Crippen molar-refractivity contribution in [1.82, 2.24) is 4.90 Å². The van der Waals surface area contributed by atoms with Crippen molar-refractivity contribution in [2.75, 3.05) is 37.3 Å². The highest BCUT2D eigenvalue weighted by Gasteiger charge is 2.20. The predicted octanol–water partition coefficient (Wildman–Crippen LogP) is 1.98. The predicted molar refractivity (Wildman–Crippen MR) is 74.9 cm³/mol. The van der Waals surface area contributed by atoms with Crippen LogP contribution >= 0.6 is 11.6 Å². The zero-order valence-electron chi connectivity index (χ0n) is 10.5. The Balaban J connectivity index is 2.04. The van der Waals surface area contributed by atoms with Crippen LogP contribution in [-0.4, -0.2) is 37.5 Å². The first-order valence-corrected chi connectivity index (χ1v) is 6.50. The van der Waals surface area contributed by atoms with Gasteiger partial charge in [-0.25, -0.2) is 0 Å². The van der Waals surface area contributed by atoms with E-state index in [1.807, 2.05) is 29.0 Å². The second-order valence-corrected chi connectivity index (χ2v) is 5.02. The molecule has 1 aromatic carbocycles. The summed E-state index contributed by atoms with van der Waals surface area (Å²) >= 11 is 5.97. The fraction of sp³-hybridized carbons (Fsp3) is 0.462. The molecule has 2 N–H and O–H groups in total. The van der Waals surface area contributed by atoms with Crippen LogP contribution in [0.2, 0.25) is 5.02 Å². The molecule has 5 heteroatoms. The number of likely N-dealkylation sites (N-methyl/N-ethyl adjacent to an activating group) is 1. The third kappa shape index (κ3) is 2.70. The number of hydrogen-bond donors (Lipinski definition) is 1. The zero-order valence-corrected chi connectivity index (χ0v) is 11.3. The second-order valence-electron chi connectivity index (χ2n) is 4.62. The smallest absolute Gasteiger partial charge is 0.242 e. The molecule has 0 radical (unpaired) electrons. The lowest BCUT2D eigenvalue weighted by Gasteiger charge is -2.24. The topological polar surface area (TPSA) is 49.6 Å². The van der Waals surface area contributed by atoms with Gasteiger partial charge < -0.3 is 15.5 Å². The number of nitrogens with zero attached hydrogens (tertiary/aromatic N) is 2. The second kappa shape index (κ2) is 5.48. The van der Waals surface area contributed by atoms with Crippen LogP contribution in [0.25, 0.3) is 0 Å². The van der Waals surface area contributed by atoms with Gasteiger partial charge >= 0.3 is 0 Å². The van der Waals surface area contributed by atoms with Gasteiger partial charge in [-0.3, -0.25) is 4.79 Å². The highest BCUT2D eigenvalue weighted by molar-refractivity contribution is 6.33. The summed E-state index contributed by atoms with van der Waals surface area (Å²) in [6, 6.07) is 5.46. The van der Waals surface area contributed by atoms with Crippen LogP contribution in [0.3, 0.4) is 0 Å². The van der Waals surface area contributed by atoms with E-state index in [-0.39, 0.29) is 5.91 Å². The summed E-state index contributed by atoms with van der Waals surface area (Å²) in [6.45, 7) is 2.08. The van der Waals surface area contributed by atoms with Gasteiger partial charge in [-0.2, -0.15) is 0 Å². The van der Waals surface area contributed by atoms with E-state index in [9.17, 15) is 4.79 Å². The Labute approximate surface area is 112 Å². The molecule has 1 aliphatic heterocycles. The van der Waals surface area contributed by atoms with E-state index >= 15 is 0 Å². The molecule has 0 aromatic heterocycles. The van der Waals surface area contributed by atoms with E-state index < -0.39 is 0 Å². The largest absolute Gasteiger partial charge is 0.396 e. The highest BCUT2D eigenvalue weighted by atomic mass is 35.5. The van der Waals surface area contributed by atoms with Crippen LogP contribution in [0.1, 0.15) is 12.8 Å². The molecule has 0 spiro atoms. The lowest BCUT2D eigenvalue weighted by atomic mass is 10.2. The SMILES string of the molecule is CN(CC(=O)N1CCCC1)c1cccc(Cl)c1N. The Morgan fingerprint density at radius 2 is 2.11 bits per heavy atom. The van der Waals surface area contributed by atoms with Crippen LogP contribution in [0.4, 0.5) is 11.4 Å². The summed E-state index contributed by atoms with van der Waals surface area (Å²) in [5, 5.41) is 0.521. The van der Waals surface area contributed by atoms with Crippen LogP contribution in [-0.2, 0) is 4.79 Å². The maximum absolute atomic E-state index is 12.0. The average Bonchev–Trinajstić information content (AvgIpc) is 2.86. The first-order chi connectivity index (χ1) is 8.59. The molecule has 0 unspecified atom stereocenters. The average molecular weight is 268 g/mol. The number of amides is 1. The van der Waals surface area contributed by atoms with Crippen molar-refractivity contribution in [3.8, 4) is 0 Å². The van der Waals surface area contributed by atoms with Gasteiger partial charge in [-0.1, -0.05) is 17.7 Å². The fourth-order valence-electron chi connectivity index (χ4n) is 2.21. The number of nitrogen functional groups attached to an aromatic ring is 1. The highest BCUT2D eigenvalue weighted by Crippen LogP contribution is 2.29. The first kappa shape index (κ1) is 13.0. The number of hydrogen-bond acceptors (Lipinski definition) is 3. The lowest BCUT2D eigenvalue weighted by Crippen LogP contribution is -2.37. The van der Waals surface area contributed by atoms with Crippen molar-refractivity contribution in [3.63, 3.8) is 0 Å². The maximum atomic E-state index is 12.0. The summed E-state index contributed by atoms with van der Waals surface area (Å²) in [7, 11) is 1.86. The van der Waals surface area contributed by atoms with Crippen molar-refractivity contribution >= 4 is 28.9 Å². The summed E-state index contributed by atoms with van der Waals surface area (Å²) in [5.74, 6) is 0.148. The lowest BCUT2D eigenvalue weighted by molar-refractivity contribution is -0.128. The number of para-hydroxylation sites is 1. The molecular formula is C13H18ClN3O. The standard InChI is InChI=1S/C13H18ClN3O/c1-16(9-12(18)17-7-2-3-8-17)11-6-4-5-10(14)13(11)15/h4-6H,2-3,7-9,15H2,1H3. The van der Waals surface area contributed by atoms with Gasteiger partial charge in [-0.15, -0.1) is 0 Å². The van der Waals surface area contributed by atoms with Gasteiger partial charge in [0, 0.05) is 20.1 Å². The number of anilines is 2. The number of benzene rings is 1. The van der Waals surface area contributed by atoms with E-state index in [4.69, 9.17) is 17.3 Å². The van der Waals surface area contributed by atoms with Crippen LogP contribution in [0, 0.1) is 0 Å². The quantitative estimate of drug-likeness (QED) is 0.852. The zero-order chi connectivity index (χ0) is 13.1. The fourth-order valence-corrected chi connectivity index (χ4v) is 2.38. The maximum Gasteiger partial charge on any atom is 0.242 e. The molecule has 18 heavy (non-hydrogen) atoms. The van der Waals surface area contributed by atoms with Gasteiger partial charge in [0.1, 0.15) is 0 Å². The Bertz CT molecular complexity index is 444. The van der Waals surface area contributed by atoms with Crippen molar-refractivity contribution in [2.45, 2.75) is 12.8 Å². The van der Waals surface area contributed by atoms with E-state index in [1.54, 1.807) is 6.07 Å². The van der Waals surface area contributed by atoms with Gasteiger partial charge in [0.2, 0.25) is 5.91 Å². The molecule has 1 saturated heterocycles. The first-order valence-electron chi connectivity index (χ1n) is 6.12. The molecular weight excluding hydrogens is 250 g/mol. The van der Waals surface area contributed by atoms with Crippen LogP contribution in [0.5, 0.6) is 0 Å². The molecule has 2 rings (SSSR count). The van der Waals surface area contributed by atoms with Gasteiger partial charge in [0.05, 0.1) is 22.9 Å². The van der Waals surface area contributed by atoms with Crippen LogP contribution in [0.15, 0.2) is 18.2 Å². The van der Waals surface area contributed by atoms with Gasteiger partial charge in [0.15, 0.2) is 0 Å². The molecule has 98 valence electrons. The molecule has 0 atom stereocenters. The number of rotatable bonds is 3. The van der Waals surface area contributed by atoms with Crippen molar-refractivity contribution in [2.24, 2.45) is 0 Å². The number of halogens is 1. The Morgan fingerprint density at radius 1 is 1.44 bits per heavy atom. The molecule has 1 amide bonds. The number of likely N-dealkylation sites (tertiary alicyclic amines) is 1. The van der Waals surface area contributed by atoms with E-state index in [0.717, 1.165) is 31.6 Å². The molecule has 1 heterocycles. The molecule has 0 bridgehead atoms. The van der Waals surface area contributed by atoms with Gasteiger partial charge in [-0.05, 0) is 25.0 Å². The van der Waals surface area contributed by atoms with E-state index in [2.05, 4.69) is 0 Å². The third-order valence-electron chi connectivity index (χ3n) is 3.27. The molecule has 1 aliphatic rings. The minimum Gasteiger partial charge on any atom is -0.396 e. The Hall–Kier alpha value is -1.42. The Kier molecular flexibility index (Phi) is 3.97. The summed E-state index contributed by atoms with van der Waals surface area (Å²) < 4.78 is 0. The van der Waals surface area contributed by atoms with Crippen molar-refractivity contribution < 1.29 is 4.79 Å².